The first kappa shape index (κ1) is 17.2. The molecule has 2 aromatic carbocycles. The van der Waals surface area contributed by atoms with Crippen LogP contribution in [0, 0.1) is 0 Å². The predicted molar refractivity (Wildman–Crippen MR) is 98.4 cm³/mol. The number of nitrogens with zero attached hydrogens (tertiary/aromatic N) is 1. The van der Waals surface area contributed by atoms with Gasteiger partial charge in [0.1, 0.15) is 5.75 Å². The van der Waals surface area contributed by atoms with Crippen LogP contribution >= 0.6 is 11.6 Å². The molecule has 0 fully saturated rings. The van der Waals surface area contributed by atoms with Gasteiger partial charge in [0.25, 0.3) is 5.91 Å². The number of halogens is 1. The van der Waals surface area contributed by atoms with Gasteiger partial charge in [-0.3, -0.25) is 4.79 Å². The Labute approximate surface area is 151 Å². The summed E-state index contributed by atoms with van der Waals surface area (Å²) in [4.78, 5) is 16.8. The van der Waals surface area contributed by atoms with E-state index in [1.807, 2.05) is 24.3 Å². The number of benzene rings is 2. The van der Waals surface area contributed by atoms with Gasteiger partial charge in [-0.15, -0.1) is 6.58 Å². The van der Waals surface area contributed by atoms with Crippen molar-refractivity contribution < 1.29 is 14.3 Å². The molecule has 0 unspecified atom stereocenters. The molecule has 5 heteroatoms. The summed E-state index contributed by atoms with van der Waals surface area (Å²) in [5, 5.41) is 0.630. The van der Waals surface area contributed by atoms with Gasteiger partial charge in [-0.25, -0.2) is 0 Å². The summed E-state index contributed by atoms with van der Waals surface area (Å²) in [6.07, 6.45) is 1.70. The molecule has 1 amide bonds. The van der Waals surface area contributed by atoms with Crippen molar-refractivity contribution in [3.8, 4) is 5.75 Å². The van der Waals surface area contributed by atoms with Crippen molar-refractivity contribution in [1.82, 2.24) is 0 Å². The maximum atomic E-state index is 12.6. The zero-order valence-corrected chi connectivity index (χ0v) is 14.8. The molecule has 0 radical (unpaired) electrons. The summed E-state index contributed by atoms with van der Waals surface area (Å²) in [6, 6.07) is 14.5. The van der Waals surface area contributed by atoms with E-state index in [2.05, 4.69) is 11.6 Å². The van der Waals surface area contributed by atoms with Gasteiger partial charge in [0.15, 0.2) is 5.60 Å². The van der Waals surface area contributed by atoms with Crippen LogP contribution in [0.3, 0.4) is 0 Å². The van der Waals surface area contributed by atoms with E-state index in [-0.39, 0.29) is 11.8 Å². The van der Waals surface area contributed by atoms with Gasteiger partial charge in [0, 0.05) is 10.6 Å². The van der Waals surface area contributed by atoms with Crippen LogP contribution in [-0.2, 0) is 9.53 Å². The van der Waals surface area contributed by atoms with E-state index in [9.17, 15) is 4.79 Å². The third kappa shape index (κ3) is 3.17. The zero-order valence-electron chi connectivity index (χ0n) is 14.0. The number of methoxy groups -OCH3 is 1. The van der Waals surface area contributed by atoms with Gasteiger partial charge in [0.05, 0.1) is 13.0 Å². The highest BCUT2D eigenvalue weighted by Gasteiger charge is 2.48. The number of aliphatic imine (C=N–C) groups is 1. The molecule has 1 aliphatic heterocycles. The molecule has 0 N–H and O–H groups in total. The van der Waals surface area contributed by atoms with E-state index < -0.39 is 5.60 Å². The van der Waals surface area contributed by atoms with Crippen molar-refractivity contribution in [2.75, 3.05) is 7.11 Å². The summed E-state index contributed by atoms with van der Waals surface area (Å²) in [6.45, 7) is 5.60. The Morgan fingerprint density at radius 2 is 1.84 bits per heavy atom. The number of hydrogen-bond acceptors (Lipinski definition) is 3. The largest absolute Gasteiger partial charge is 0.497 e. The fourth-order valence-corrected chi connectivity index (χ4v) is 3.00. The van der Waals surface area contributed by atoms with Crippen LogP contribution in [0.1, 0.15) is 24.0 Å². The average Bonchev–Trinajstić information content (AvgIpc) is 2.93. The first-order chi connectivity index (χ1) is 12.0. The molecule has 2 aromatic rings. The van der Waals surface area contributed by atoms with Crippen molar-refractivity contribution in [2.24, 2.45) is 4.99 Å². The monoisotopic (exact) mass is 355 g/mol. The number of hydrogen-bond donors (Lipinski definition) is 0. The average molecular weight is 356 g/mol. The highest BCUT2D eigenvalue weighted by molar-refractivity contribution is 6.30. The number of carbonyl (C=O) groups is 1. The lowest BCUT2D eigenvalue weighted by molar-refractivity contribution is -0.130. The molecular formula is C20H18ClNO3. The summed E-state index contributed by atoms with van der Waals surface area (Å²) in [5.74, 6) is 0.340. The van der Waals surface area contributed by atoms with Crippen molar-refractivity contribution >= 4 is 23.4 Å². The molecule has 25 heavy (non-hydrogen) atoms. The number of rotatable bonds is 5. The van der Waals surface area contributed by atoms with Gasteiger partial charge in [-0.1, -0.05) is 29.8 Å². The molecule has 0 spiro atoms. The van der Waals surface area contributed by atoms with Crippen molar-refractivity contribution in [2.45, 2.75) is 18.4 Å². The van der Waals surface area contributed by atoms with Gasteiger partial charge in [-0.05, 0) is 48.9 Å². The lowest BCUT2D eigenvalue weighted by atomic mass is 9.83. The second-order valence-electron chi connectivity index (χ2n) is 5.92. The molecule has 0 aromatic heterocycles. The number of carbonyl (C=O) groups excluding carboxylic acids is 1. The highest BCUT2D eigenvalue weighted by atomic mass is 35.5. The Bertz CT molecular complexity index is 827. The van der Waals surface area contributed by atoms with Crippen molar-refractivity contribution in [3.05, 3.63) is 77.3 Å². The molecule has 1 aliphatic rings. The fourth-order valence-electron chi connectivity index (χ4n) is 2.87. The van der Waals surface area contributed by atoms with Crippen molar-refractivity contribution in [1.29, 1.82) is 0 Å². The van der Waals surface area contributed by atoms with Gasteiger partial charge in [-0.2, -0.15) is 4.99 Å². The Morgan fingerprint density at radius 1 is 1.20 bits per heavy atom. The lowest BCUT2D eigenvalue weighted by Gasteiger charge is -2.29. The second kappa shape index (κ2) is 6.73. The minimum absolute atomic E-state index is 0.302. The Balaban J connectivity index is 1.90. The molecule has 0 aliphatic carbocycles. The van der Waals surface area contributed by atoms with Gasteiger partial charge in [0.2, 0.25) is 5.90 Å². The predicted octanol–water partition coefficient (Wildman–Crippen LogP) is 4.38. The van der Waals surface area contributed by atoms with E-state index in [1.165, 1.54) is 0 Å². The van der Waals surface area contributed by atoms with Crippen LogP contribution in [0.4, 0.5) is 0 Å². The van der Waals surface area contributed by atoms with Crippen LogP contribution in [0.25, 0.3) is 0 Å². The highest BCUT2D eigenvalue weighted by Crippen LogP contribution is 2.38. The van der Waals surface area contributed by atoms with Crippen LogP contribution < -0.4 is 4.74 Å². The van der Waals surface area contributed by atoms with E-state index in [1.54, 1.807) is 44.4 Å². The molecule has 1 heterocycles. The maximum Gasteiger partial charge on any atom is 0.293 e. The van der Waals surface area contributed by atoms with E-state index >= 15 is 0 Å². The van der Waals surface area contributed by atoms with E-state index in [0.717, 1.165) is 16.9 Å². The fraction of sp³-hybridized carbons (Fsp3) is 0.200. The summed E-state index contributed by atoms with van der Waals surface area (Å²) in [5.41, 5.74) is 0.461. The molecule has 128 valence electrons. The molecule has 0 saturated carbocycles. The quantitative estimate of drug-likeness (QED) is 0.748. The summed E-state index contributed by atoms with van der Waals surface area (Å²) < 4.78 is 11.2. The summed E-state index contributed by atoms with van der Waals surface area (Å²) >= 11 is 5.95. The third-order valence-electron chi connectivity index (χ3n) is 4.33. The minimum Gasteiger partial charge on any atom is -0.497 e. The Kier molecular flexibility index (Phi) is 4.64. The number of ether oxygens (including phenoxy) is 2. The second-order valence-corrected chi connectivity index (χ2v) is 6.36. The summed E-state index contributed by atoms with van der Waals surface area (Å²) in [7, 11) is 1.60. The van der Waals surface area contributed by atoms with Crippen LogP contribution in [0.5, 0.6) is 5.75 Å². The molecule has 3 rings (SSSR count). The normalized spacial score (nSPS) is 20.6. The SMILES string of the molecule is C=C[C@H](c1ccc(Cl)cc1)[C@@]1(C)OC(c2ccc(OC)cc2)=NC1=O. The molecule has 0 saturated heterocycles. The smallest absolute Gasteiger partial charge is 0.293 e. The maximum absolute atomic E-state index is 12.6. The van der Waals surface area contributed by atoms with Crippen LogP contribution in [0.15, 0.2) is 66.2 Å². The van der Waals surface area contributed by atoms with Gasteiger partial charge < -0.3 is 9.47 Å². The van der Waals surface area contributed by atoms with Gasteiger partial charge >= 0.3 is 0 Å². The van der Waals surface area contributed by atoms with E-state index in [0.29, 0.717) is 10.9 Å². The Hall–Kier alpha value is -2.59. The first-order valence-corrected chi connectivity index (χ1v) is 8.20. The Morgan fingerprint density at radius 3 is 2.40 bits per heavy atom. The molecule has 4 nitrogen and oxygen atoms in total. The van der Waals surface area contributed by atoms with Crippen molar-refractivity contribution in [3.63, 3.8) is 0 Å². The molecule has 2 atom stereocenters. The standard InChI is InChI=1S/C20H18ClNO3/c1-4-17(13-5-9-15(21)10-6-13)20(2)19(23)22-18(25-20)14-7-11-16(24-3)12-8-14/h4-12,17H,1H2,2-3H3/t17-,20-/m1/s1. The third-order valence-corrected chi connectivity index (χ3v) is 4.58. The lowest BCUT2D eigenvalue weighted by Crippen LogP contribution is -2.39. The number of amides is 1. The first-order valence-electron chi connectivity index (χ1n) is 7.82. The van der Waals surface area contributed by atoms with Crippen LogP contribution in [0.2, 0.25) is 5.02 Å². The minimum atomic E-state index is -1.15. The molecular weight excluding hydrogens is 338 g/mol. The zero-order chi connectivity index (χ0) is 18.0. The van der Waals surface area contributed by atoms with Crippen LogP contribution in [-0.4, -0.2) is 24.5 Å². The topological polar surface area (TPSA) is 47.9 Å². The molecule has 0 bridgehead atoms. The van der Waals surface area contributed by atoms with E-state index in [4.69, 9.17) is 21.1 Å².